The molecule has 3 aliphatic heterocycles. The number of ketones is 1. The Labute approximate surface area is 167 Å². The zero-order valence-electron chi connectivity index (χ0n) is 17.1. The van der Waals surface area contributed by atoms with Crippen LogP contribution in [0.5, 0.6) is 5.75 Å². The molecule has 3 heterocycles. The third-order valence-electron chi connectivity index (χ3n) is 6.16. The number of nitrogens with zero attached hydrogens (tertiary/aromatic N) is 2. The molecular formula is C22H32N2O4. The highest BCUT2D eigenvalue weighted by Crippen LogP contribution is 2.39. The van der Waals surface area contributed by atoms with Gasteiger partial charge in [0, 0.05) is 26.2 Å². The average molecular weight is 389 g/mol. The van der Waals surface area contributed by atoms with E-state index in [9.17, 15) is 4.79 Å². The number of ether oxygens (including phenoxy) is 3. The summed E-state index contributed by atoms with van der Waals surface area (Å²) in [5.74, 6) is -0.320. The summed E-state index contributed by atoms with van der Waals surface area (Å²) in [4.78, 5) is 17.6. The number of para-hydroxylation sites is 1. The van der Waals surface area contributed by atoms with Gasteiger partial charge in [-0.15, -0.1) is 0 Å². The molecule has 2 unspecified atom stereocenters. The lowest BCUT2D eigenvalue weighted by Crippen LogP contribution is -2.63. The molecule has 6 nitrogen and oxygen atoms in total. The number of rotatable bonds is 4. The van der Waals surface area contributed by atoms with Crippen molar-refractivity contribution < 1.29 is 19.0 Å². The number of hydrogen-bond donors (Lipinski definition) is 0. The Morgan fingerprint density at radius 3 is 2.50 bits per heavy atom. The lowest BCUT2D eigenvalue weighted by Gasteiger charge is -2.48. The molecule has 2 atom stereocenters. The summed E-state index contributed by atoms with van der Waals surface area (Å²) in [5.41, 5.74) is 1.63. The van der Waals surface area contributed by atoms with Crippen molar-refractivity contribution in [3.05, 3.63) is 29.3 Å². The van der Waals surface area contributed by atoms with Crippen LogP contribution in [0.1, 0.15) is 54.9 Å². The van der Waals surface area contributed by atoms with Gasteiger partial charge in [0.05, 0.1) is 25.2 Å². The van der Waals surface area contributed by atoms with Crippen molar-refractivity contribution in [3.63, 3.8) is 0 Å². The first-order valence-electron chi connectivity index (χ1n) is 10.7. The summed E-state index contributed by atoms with van der Waals surface area (Å²) < 4.78 is 18.7. The molecular weight excluding hydrogens is 356 g/mol. The van der Waals surface area contributed by atoms with E-state index < -0.39 is 5.91 Å². The van der Waals surface area contributed by atoms with E-state index >= 15 is 0 Å². The number of aryl methyl sites for hydroxylation is 1. The Kier molecular flexibility index (Phi) is 6.01. The molecule has 1 aromatic carbocycles. The largest absolute Gasteiger partial charge is 0.447 e. The van der Waals surface area contributed by atoms with Gasteiger partial charge in [-0.3, -0.25) is 9.69 Å². The first-order valence-corrected chi connectivity index (χ1v) is 10.7. The molecule has 0 saturated carbocycles. The Bertz CT molecular complexity index is 696. The lowest BCUT2D eigenvalue weighted by atomic mass is 9.98. The number of fused-ring (bicyclic) bond motifs is 1. The van der Waals surface area contributed by atoms with Gasteiger partial charge in [0.1, 0.15) is 12.0 Å². The first-order chi connectivity index (χ1) is 13.6. The summed E-state index contributed by atoms with van der Waals surface area (Å²) in [6.07, 6.45) is 5.04. The summed E-state index contributed by atoms with van der Waals surface area (Å²) in [7, 11) is 0. The van der Waals surface area contributed by atoms with Crippen LogP contribution < -0.4 is 4.74 Å². The van der Waals surface area contributed by atoms with Crippen molar-refractivity contribution in [2.45, 2.75) is 58.1 Å². The molecule has 1 aromatic rings. The quantitative estimate of drug-likeness (QED) is 0.790. The van der Waals surface area contributed by atoms with Crippen LogP contribution in [-0.2, 0) is 9.47 Å². The Balaban J connectivity index is 1.63. The van der Waals surface area contributed by atoms with Gasteiger partial charge in [-0.1, -0.05) is 25.0 Å². The second kappa shape index (κ2) is 8.49. The average Bonchev–Trinajstić information content (AvgIpc) is 2.99. The van der Waals surface area contributed by atoms with Gasteiger partial charge in [0.15, 0.2) is 5.78 Å². The SMILES string of the molecule is Cc1cccc2c1OC(OC(C)N1CCCCCC1)(N1CCOCC1)CC2=O. The fourth-order valence-corrected chi connectivity index (χ4v) is 4.52. The Morgan fingerprint density at radius 1 is 1.07 bits per heavy atom. The predicted molar refractivity (Wildman–Crippen MR) is 106 cm³/mol. The van der Waals surface area contributed by atoms with Crippen LogP contribution in [-0.4, -0.2) is 67.1 Å². The van der Waals surface area contributed by atoms with Crippen LogP contribution in [0.3, 0.4) is 0 Å². The number of carbonyl (C=O) groups excluding carboxylic acids is 1. The van der Waals surface area contributed by atoms with Crippen LogP contribution in [0, 0.1) is 6.92 Å². The van der Waals surface area contributed by atoms with Gasteiger partial charge in [0.25, 0.3) is 5.91 Å². The molecule has 3 aliphatic rings. The van der Waals surface area contributed by atoms with Crippen molar-refractivity contribution >= 4 is 5.78 Å². The van der Waals surface area contributed by atoms with Gasteiger partial charge in [0.2, 0.25) is 0 Å². The highest BCUT2D eigenvalue weighted by Gasteiger charge is 2.49. The molecule has 0 radical (unpaired) electrons. The number of morpholine rings is 1. The number of hydrogen-bond acceptors (Lipinski definition) is 6. The summed E-state index contributed by atoms with van der Waals surface area (Å²) in [6.45, 7) is 8.79. The Morgan fingerprint density at radius 2 is 1.79 bits per heavy atom. The molecule has 2 saturated heterocycles. The molecule has 0 aromatic heterocycles. The van der Waals surface area contributed by atoms with E-state index in [1.54, 1.807) is 0 Å². The number of carbonyl (C=O) groups is 1. The molecule has 28 heavy (non-hydrogen) atoms. The minimum atomic E-state index is -1.06. The van der Waals surface area contributed by atoms with Gasteiger partial charge in [-0.05, 0) is 38.3 Å². The van der Waals surface area contributed by atoms with Crippen LogP contribution in [0.2, 0.25) is 0 Å². The molecule has 2 fully saturated rings. The molecule has 0 aliphatic carbocycles. The molecule has 0 N–H and O–H groups in total. The fourth-order valence-electron chi connectivity index (χ4n) is 4.52. The Hall–Kier alpha value is -1.47. The highest BCUT2D eigenvalue weighted by atomic mass is 16.7. The van der Waals surface area contributed by atoms with Crippen molar-refractivity contribution in [2.24, 2.45) is 0 Å². The van der Waals surface area contributed by atoms with E-state index in [-0.39, 0.29) is 18.4 Å². The van der Waals surface area contributed by atoms with Crippen molar-refractivity contribution in [3.8, 4) is 5.75 Å². The van der Waals surface area contributed by atoms with E-state index in [2.05, 4.69) is 16.7 Å². The summed E-state index contributed by atoms with van der Waals surface area (Å²) >= 11 is 0. The van der Waals surface area contributed by atoms with Crippen molar-refractivity contribution in [2.75, 3.05) is 39.4 Å². The van der Waals surface area contributed by atoms with E-state index in [0.717, 1.165) is 18.7 Å². The van der Waals surface area contributed by atoms with Gasteiger partial charge >= 0.3 is 0 Å². The maximum absolute atomic E-state index is 13.1. The van der Waals surface area contributed by atoms with E-state index in [1.165, 1.54) is 25.7 Å². The van der Waals surface area contributed by atoms with Gasteiger partial charge in [-0.25, -0.2) is 4.90 Å². The zero-order valence-corrected chi connectivity index (χ0v) is 17.1. The molecule has 0 amide bonds. The predicted octanol–water partition coefficient (Wildman–Crippen LogP) is 3.18. The maximum Gasteiger partial charge on any atom is 0.282 e. The fraction of sp³-hybridized carbons (Fsp3) is 0.682. The monoisotopic (exact) mass is 388 g/mol. The maximum atomic E-state index is 13.1. The molecule has 6 heteroatoms. The van der Waals surface area contributed by atoms with Crippen molar-refractivity contribution in [1.29, 1.82) is 0 Å². The second-order valence-electron chi connectivity index (χ2n) is 8.13. The smallest absolute Gasteiger partial charge is 0.282 e. The number of Topliss-reactive ketones (excluding diaryl/α,β-unsaturated/α-hetero) is 1. The molecule has 154 valence electrons. The minimum Gasteiger partial charge on any atom is -0.447 e. The topological polar surface area (TPSA) is 51.2 Å². The summed E-state index contributed by atoms with van der Waals surface area (Å²) in [6, 6.07) is 5.75. The molecule has 0 spiro atoms. The minimum absolute atomic E-state index is 0.0829. The normalized spacial score (nSPS) is 28.3. The van der Waals surface area contributed by atoms with Crippen LogP contribution in [0.15, 0.2) is 18.2 Å². The van der Waals surface area contributed by atoms with Gasteiger partial charge in [-0.2, -0.15) is 0 Å². The number of benzene rings is 1. The second-order valence-corrected chi connectivity index (χ2v) is 8.13. The van der Waals surface area contributed by atoms with Crippen LogP contribution in [0.25, 0.3) is 0 Å². The number of likely N-dealkylation sites (tertiary alicyclic amines) is 1. The van der Waals surface area contributed by atoms with Crippen LogP contribution in [0.4, 0.5) is 0 Å². The molecule has 4 rings (SSSR count). The lowest BCUT2D eigenvalue weighted by molar-refractivity contribution is -0.319. The third-order valence-corrected chi connectivity index (χ3v) is 6.16. The summed E-state index contributed by atoms with van der Waals surface area (Å²) in [5, 5.41) is 0. The van der Waals surface area contributed by atoms with E-state index in [1.807, 2.05) is 25.1 Å². The zero-order chi connectivity index (χ0) is 19.6. The molecule has 0 bridgehead atoms. The third kappa shape index (κ3) is 3.96. The highest BCUT2D eigenvalue weighted by molar-refractivity contribution is 6.00. The van der Waals surface area contributed by atoms with E-state index in [4.69, 9.17) is 14.2 Å². The van der Waals surface area contributed by atoms with Crippen LogP contribution >= 0.6 is 0 Å². The first kappa shape index (κ1) is 19.8. The van der Waals surface area contributed by atoms with Gasteiger partial charge < -0.3 is 14.2 Å². The van der Waals surface area contributed by atoms with Crippen molar-refractivity contribution in [1.82, 2.24) is 9.80 Å². The van der Waals surface area contributed by atoms with E-state index in [0.29, 0.717) is 37.6 Å². The standard InChI is InChI=1S/C22H32N2O4/c1-17-8-7-9-19-20(25)16-22(28-21(17)19,24-12-14-26-15-13-24)27-18(2)23-10-5-3-4-6-11-23/h7-9,18H,3-6,10-16H2,1-2H3.